The first-order chi connectivity index (χ1) is 12.6. The van der Waals surface area contributed by atoms with Crippen LogP contribution in [-0.4, -0.2) is 41.0 Å². The third-order valence-electron chi connectivity index (χ3n) is 6.39. The molecule has 2 atom stereocenters. The number of rotatable bonds is 2. The van der Waals surface area contributed by atoms with Gasteiger partial charge in [0.25, 0.3) is 0 Å². The van der Waals surface area contributed by atoms with E-state index >= 15 is 0 Å². The van der Waals surface area contributed by atoms with Gasteiger partial charge >= 0.3 is 0 Å². The average Bonchev–Trinajstić information content (AvgIpc) is 2.67. The van der Waals surface area contributed by atoms with Crippen LogP contribution in [-0.2, 0) is 17.6 Å². The molecule has 140 valence electrons. The first kappa shape index (κ1) is 17.8. The SMILES string of the molecule is CC[C@H]1C[C@@H](O)CC2(CCN(c3nc4c(cc3C#N)CCCC4)CC2)O1. The minimum absolute atomic E-state index is 0.168. The number of aromatic nitrogens is 1. The van der Waals surface area contributed by atoms with Crippen molar-refractivity contribution in [2.75, 3.05) is 18.0 Å². The van der Waals surface area contributed by atoms with Gasteiger partial charge in [0.2, 0.25) is 0 Å². The largest absolute Gasteiger partial charge is 0.393 e. The minimum atomic E-state index is -0.253. The highest BCUT2D eigenvalue weighted by Gasteiger charge is 2.43. The van der Waals surface area contributed by atoms with E-state index in [1.165, 1.54) is 24.1 Å². The highest BCUT2D eigenvalue weighted by molar-refractivity contribution is 5.57. The van der Waals surface area contributed by atoms with Crippen molar-refractivity contribution in [3.63, 3.8) is 0 Å². The van der Waals surface area contributed by atoms with Gasteiger partial charge in [-0.1, -0.05) is 6.92 Å². The van der Waals surface area contributed by atoms with E-state index in [0.717, 1.165) is 63.9 Å². The van der Waals surface area contributed by atoms with Crippen LogP contribution in [0.3, 0.4) is 0 Å². The van der Waals surface area contributed by atoms with Gasteiger partial charge in [-0.2, -0.15) is 5.26 Å². The number of hydrogen-bond acceptors (Lipinski definition) is 5. The van der Waals surface area contributed by atoms with Gasteiger partial charge in [0, 0.05) is 25.2 Å². The van der Waals surface area contributed by atoms with Crippen LogP contribution in [0, 0.1) is 11.3 Å². The Hall–Kier alpha value is -1.64. The summed E-state index contributed by atoms with van der Waals surface area (Å²) in [5, 5.41) is 19.9. The quantitative estimate of drug-likeness (QED) is 0.883. The Morgan fingerprint density at radius 1 is 1.35 bits per heavy atom. The van der Waals surface area contributed by atoms with E-state index in [1.54, 1.807) is 0 Å². The van der Waals surface area contributed by atoms with Gasteiger partial charge in [-0.15, -0.1) is 0 Å². The van der Waals surface area contributed by atoms with E-state index in [4.69, 9.17) is 9.72 Å². The first-order valence-electron chi connectivity index (χ1n) is 10.2. The molecule has 2 aliphatic heterocycles. The molecule has 1 aromatic heterocycles. The molecule has 5 nitrogen and oxygen atoms in total. The Morgan fingerprint density at radius 2 is 2.12 bits per heavy atom. The van der Waals surface area contributed by atoms with Gasteiger partial charge in [-0.25, -0.2) is 4.98 Å². The fourth-order valence-electron chi connectivity index (χ4n) is 4.91. The summed E-state index contributed by atoms with van der Waals surface area (Å²) in [6.45, 7) is 3.80. The smallest absolute Gasteiger partial charge is 0.146 e. The molecule has 1 aromatic rings. The Balaban J connectivity index is 1.52. The molecule has 0 radical (unpaired) electrons. The molecule has 0 aromatic carbocycles. The lowest BCUT2D eigenvalue weighted by Crippen LogP contribution is -2.53. The number of anilines is 1. The third kappa shape index (κ3) is 3.33. The molecule has 4 rings (SSSR count). The molecule has 1 N–H and O–H groups in total. The molecular weight excluding hydrogens is 326 g/mol. The molecule has 0 saturated carbocycles. The van der Waals surface area contributed by atoms with Crippen LogP contribution in [0.5, 0.6) is 0 Å². The number of nitrogens with zero attached hydrogens (tertiary/aromatic N) is 3. The zero-order valence-corrected chi connectivity index (χ0v) is 15.7. The van der Waals surface area contributed by atoms with Gasteiger partial charge in [-0.3, -0.25) is 0 Å². The molecule has 3 heterocycles. The van der Waals surface area contributed by atoms with Gasteiger partial charge in [-0.05, 0) is 63.0 Å². The molecule has 1 aliphatic carbocycles. The van der Waals surface area contributed by atoms with Crippen LogP contribution in [0.1, 0.15) is 68.7 Å². The normalized spacial score (nSPS) is 27.8. The number of aliphatic hydroxyl groups is 1. The molecule has 0 unspecified atom stereocenters. The lowest BCUT2D eigenvalue weighted by atomic mass is 9.81. The summed E-state index contributed by atoms with van der Waals surface area (Å²) in [7, 11) is 0. The second-order valence-electron chi connectivity index (χ2n) is 8.20. The summed E-state index contributed by atoms with van der Waals surface area (Å²) < 4.78 is 6.39. The van der Waals surface area contributed by atoms with E-state index in [0.29, 0.717) is 5.56 Å². The van der Waals surface area contributed by atoms with E-state index < -0.39 is 0 Å². The molecule has 2 fully saturated rings. The number of piperidine rings is 1. The van der Waals surface area contributed by atoms with Crippen LogP contribution >= 0.6 is 0 Å². The average molecular weight is 355 g/mol. The summed E-state index contributed by atoms with van der Waals surface area (Å²) in [5.74, 6) is 0.853. The highest BCUT2D eigenvalue weighted by Crippen LogP contribution is 2.39. The van der Waals surface area contributed by atoms with Crippen LogP contribution in [0.2, 0.25) is 0 Å². The van der Waals surface area contributed by atoms with Gasteiger partial charge < -0.3 is 14.7 Å². The maximum absolute atomic E-state index is 10.3. The van der Waals surface area contributed by atoms with Gasteiger partial charge in [0.1, 0.15) is 11.9 Å². The number of ether oxygens (including phenoxy) is 1. The number of nitriles is 1. The highest BCUT2D eigenvalue weighted by atomic mass is 16.5. The van der Waals surface area contributed by atoms with E-state index in [1.807, 2.05) is 0 Å². The second-order valence-corrected chi connectivity index (χ2v) is 8.20. The van der Waals surface area contributed by atoms with Crippen molar-refractivity contribution >= 4 is 5.82 Å². The van der Waals surface area contributed by atoms with Gasteiger partial charge in [0.05, 0.1) is 23.4 Å². The molecule has 1 spiro atoms. The van der Waals surface area contributed by atoms with Crippen LogP contribution < -0.4 is 4.90 Å². The molecule has 0 amide bonds. The fourth-order valence-corrected chi connectivity index (χ4v) is 4.91. The third-order valence-corrected chi connectivity index (χ3v) is 6.39. The maximum atomic E-state index is 10.3. The molecule has 3 aliphatic rings. The molecular formula is C21H29N3O2. The van der Waals surface area contributed by atoms with Crippen molar-refractivity contribution in [2.24, 2.45) is 0 Å². The Morgan fingerprint density at radius 3 is 2.85 bits per heavy atom. The lowest BCUT2D eigenvalue weighted by molar-refractivity contribution is -0.171. The number of hydrogen-bond donors (Lipinski definition) is 1. The van der Waals surface area contributed by atoms with Crippen molar-refractivity contribution < 1.29 is 9.84 Å². The van der Waals surface area contributed by atoms with Crippen molar-refractivity contribution in [2.45, 2.75) is 82.5 Å². The second kappa shape index (κ2) is 7.17. The number of fused-ring (bicyclic) bond motifs is 1. The van der Waals surface area contributed by atoms with Crippen LogP contribution in [0.15, 0.2) is 6.07 Å². The van der Waals surface area contributed by atoms with E-state index in [9.17, 15) is 10.4 Å². The van der Waals surface area contributed by atoms with Crippen molar-refractivity contribution in [3.8, 4) is 6.07 Å². The number of aryl methyl sites for hydroxylation is 2. The Kier molecular flexibility index (Phi) is 4.90. The van der Waals surface area contributed by atoms with Crippen molar-refractivity contribution in [1.29, 1.82) is 5.26 Å². The first-order valence-corrected chi connectivity index (χ1v) is 10.2. The number of pyridine rings is 1. The summed E-state index contributed by atoms with van der Waals surface area (Å²) in [6.07, 6.45) is 8.61. The van der Waals surface area contributed by atoms with Crippen molar-refractivity contribution in [1.82, 2.24) is 4.98 Å². The topological polar surface area (TPSA) is 69.4 Å². The van der Waals surface area contributed by atoms with Crippen LogP contribution in [0.4, 0.5) is 5.82 Å². The zero-order chi connectivity index (χ0) is 18.1. The van der Waals surface area contributed by atoms with E-state index in [-0.39, 0.29) is 17.8 Å². The summed E-state index contributed by atoms with van der Waals surface area (Å²) in [6, 6.07) is 4.43. The Labute approximate surface area is 156 Å². The van der Waals surface area contributed by atoms with Crippen molar-refractivity contribution in [3.05, 3.63) is 22.9 Å². The maximum Gasteiger partial charge on any atom is 0.146 e. The lowest BCUT2D eigenvalue weighted by Gasteiger charge is -2.48. The predicted octanol–water partition coefficient (Wildman–Crippen LogP) is 3.12. The fraction of sp³-hybridized carbons (Fsp3) is 0.714. The molecule has 0 bridgehead atoms. The standard InChI is InChI=1S/C21H29N3O2/c1-2-18-12-17(25)13-21(26-18)7-9-24(10-8-21)20-16(14-22)11-15-5-3-4-6-19(15)23-20/h11,17-18,25H,2-10,12-13H2,1H3/t17-,18+/m1/s1. The number of aliphatic hydroxyl groups excluding tert-OH is 1. The van der Waals surface area contributed by atoms with E-state index in [2.05, 4.69) is 24.0 Å². The molecule has 26 heavy (non-hydrogen) atoms. The van der Waals surface area contributed by atoms with Crippen LogP contribution in [0.25, 0.3) is 0 Å². The Bertz CT molecular complexity index is 704. The van der Waals surface area contributed by atoms with Gasteiger partial charge in [0.15, 0.2) is 0 Å². The molecule has 2 saturated heterocycles. The summed E-state index contributed by atoms with van der Waals surface area (Å²) in [4.78, 5) is 7.15. The molecule has 5 heteroatoms. The zero-order valence-electron chi connectivity index (χ0n) is 15.7. The predicted molar refractivity (Wildman–Crippen MR) is 100 cm³/mol. The summed E-state index contributed by atoms with van der Waals surface area (Å²) in [5.41, 5.74) is 2.95. The monoisotopic (exact) mass is 355 g/mol. The minimum Gasteiger partial charge on any atom is -0.393 e. The summed E-state index contributed by atoms with van der Waals surface area (Å²) >= 11 is 0.